The Balaban J connectivity index is 3.04. The Labute approximate surface area is 89.7 Å². The van der Waals surface area contributed by atoms with E-state index in [2.05, 4.69) is 13.8 Å². The Hall–Kier alpha value is -1.38. The summed E-state index contributed by atoms with van der Waals surface area (Å²) in [5.74, 6) is 0.552. The summed E-state index contributed by atoms with van der Waals surface area (Å²) in [5.41, 5.74) is 0.973. The van der Waals surface area contributed by atoms with Gasteiger partial charge < -0.3 is 4.57 Å². The number of rotatable bonds is 4. The van der Waals surface area contributed by atoms with Gasteiger partial charge in [0.1, 0.15) is 0 Å². The summed E-state index contributed by atoms with van der Waals surface area (Å²) in [4.78, 5) is 22.4. The third-order valence-corrected chi connectivity index (χ3v) is 2.48. The third-order valence-electron chi connectivity index (χ3n) is 2.48. The van der Waals surface area contributed by atoms with Gasteiger partial charge in [0.05, 0.1) is 5.56 Å². The molecule has 1 aromatic heterocycles. The van der Waals surface area contributed by atoms with Crippen molar-refractivity contribution in [2.24, 2.45) is 5.92 Å². The molecule has 15 heavy (non-hydrogen) atoms. The van der Waals surface area contributed by atoms with Crippen molar-refractivity contribution in [1.29, 1.82) is 0 Å². The second-order valence-electron chi connectivity index (χ2n) is 4.19. The Kier molecular flexibility index (Phi) is 3.83. The highest BCUT2D eigenvalue weighted by atomic mass is 16.1. The van der Waals surface area contributed by atoms with E-state index in [1.807, 2.05) is 13.0 Å². The number of aromatic nitrogens is 1. The first-order valence-corrected chi connectivity index (χ1v) is 5.22. The monoisotopic (exact) mass is 207 g/mol. The number of carbonyl (C=O) groups is 1. The molecule has 1 heterocycles. The van der Waals surface area contributed by atoms with Gasteiger partial charge in [-0.25, -0.2) is 0 Å². The molecule has 1 rings (SSSR count). The van der Waals surface area contributed by atoms with Gasteiger partial charge in [0.25, 0.3) is 5.56 Å². The molecule has 0 aliphatic carbocycles. The van der Waals surface area contributed by atoms with E-state index in [-0.39, 0.29) is 11.1 Å². The van der Waals surface area contributed by atoms with Gasteiger partial charge in [-0.05, 0) is 31.4 Å². The van der Waals surface area contributed by atoms with Gasteiger partial charge in [-0.3, -0.25) is 9.59 Å². The van der Waals surface area contributed by atoms with E-state index in [0.717, 1.165) is 12.1 Å². The molecule has 0 N–H and O–H groups in total. The second-order valence-corrected chi connectivity index (χ2v) is 4.19. The maximum absolute atomic E-state index is 11.8. The largest absolute Gasteiger partial charge is 0.312 e. The molecule has 0 aliphatic rings. The number of hydrogen-bond donors (Lipinski definition) is 0. The van der Waals surface area contributed by atoms with Crippen LogP contribution in [0.25, 0.3) is 0 Å². The lowest BCUT2D eigenvalue weighted by atomic mass is 10.1. The van der Waals surface area contributed by atoms with Gasteiger partial charge in [-0.1, -0.05) is 13.8 Å². The fourth-order valence-electron chi connectivity index (χ4n) is 1.44. The van der Waals surface area contributed by atoms with Crippen molar-refractivity contribution in [1.82, 2.24) is 4.57 Å². The van der Waals surface area contributed by atoms with Crippen LogP contribution in [-0.2, 0) is 6.54 Å². The van der Waals surface area contributed by atoms with Crippen LogP contribution in [0, 0.1) is 12.8 Å². The molecule has 0 radical (unpaired) electrons. The Bertz CT molecular complexity index is 405. The smallest absolute Gasteiger partial charge is 0.261 e. The summed E-state index contributed by atoms with van der Waals surface area (Å²) in [5, 5.41) is 0. The summed E-state index contributed by atoms with van der Waals surface area (Å²) in [6.45, 7) is 6.80. The highest BCUT2D eigenvalue weighted by molar-refractivity contribution is 5.73. The lowest BCUT2D eigenvalue weighted by Crippen LogP contribution is -2.25. The first kappa shape index (κ1) is 11.7. The molecular weight excluding hydrogens is 190 g/mol. The highest BCUT2D eigenvalue weighted by Gasteiger charge is 2.05. The zero-order valence-corrected chi connectivity index (χ0v) is 9.49. The van der Waals surface area contributed by atoms with Gasteiger partial charge in [0.2, 0.25) is 0 Å². The first-order chi connectivity index (χ1) is 7.06. The maximum atomic E-state index is 11.8. The fourth-order valence-corrected chi connectivity index (χ4v) is 1.44. The summed E-state index contributed by atoms with van der Waals surface area (Å²) < 4.78 is 1.67. The summed E-state index contributed by atoms with van der Waals surface area (Å²) in [6, 6.07) is 3.39. The summed E-state index contributed by atoms with van der Waals surface area (Å²) in [6.07, 6.45) is 1.57. The van der Waals surface area contributed by atoms with Gasteiger partial charge in [0, 0.05) is 12.2 Å². The third kappa shape index (κ3) is 2.78. The molecule has 0 saturated carbocycles. The van der Waals surface area contributed by atoms with Crippen molar-refractivity contribution in [3.05, 3.63) is 33.7 Å². The Morgan fingerprint density at radius 2 is 2.07 bits per heavy atom. The van der Waals surface area contributed by atoms with Crippen molar-refractivity contribution in [3.63, 3.8) is 0 Å². The van der Waals surface area contributed by atoms with Crippen molar-refractivity contribution in [2.45, 2.75) is 33.7 Å². The van der Waals surface area contributed by atoms with E-state index in [0.29, 0.717) is 18.7 Å². The minimum atomic E-state index is -0.175. The molecule has 0 bridgehead atoms. The Morgan fingerprint density at radius 1 is 1.40 bits per heavy atom. The van der Waals surface area contributed by atoms with Gasteiger partial charge in [0.15, 0.2) is 6.29 Å². The molecule has 0 fully saturated rings. The van der Waals surface area contributed by atoms with Crippen molar-refractivity contribution in [2.75, 3.05) is 0 Å². The fraction of sp³-hybridized carbons (Fsp3) is 0.500. The summed E-state index contributed by atoms with van der Waals surface area (Å²) >= 11 is 0. The first-order valence-electron chi connectivity index (χ1n) is 5.22. The topological polar surface area (TPSA) is 39.1 Å². The van der Waals surface area contributed by atoms with Crippen LogP contribution in [0.4, 0.5) is 0 Å². The molecule has 0 spiro atoms. The van der Waals surface area contributed by atoms with Crippen LogP contribution in [0.2, 0.25) is 0 Å². The number of carbonyl (C=O) groups excluding carboxylic acids is 1. The van der Waals surface area contributed by atoms with E-state index in [1.165, 1.54) is 0 Å². The zero-order chi connectivity index (χ0) is 11.4. The number of aryl methyl sites for hydroxylation is 1. The van der Waals surface area contributed by atoms with Crippen LogP contribution in [0.15, 0.2) is 16.9 Å². The average molecular weight is 207 g/mol. The molecule has 0 aliphatic heterocycles. The Morgan fingerprint density at radius 3 is 2.60 bits per heavy atom. The minimum absolute atomic E-state index is 0.175. The highest BCUT2D eigenvalue weighted by Crippen LogP contribution is 2.04. The number of pyridine rings is 1. The molecule has 0 amide bonds. The van der Waals surface area contributed by atoms with Gasteiger partial charge >= 0.3 is 0 Å². The zero-order valence-electron chi connectivity index (χ0n) is 9.49. The van der Waals surface area contributed by atoms with E-state index in [9.17, 15) is 9.59 Å². The van der Waals surface area contributed by atoms with Crippen LogP contribution < -0.4 is 5.56 Å². The van der Waals surface area contributed by atoms with E-state index < -0.39 is 0 Å². The molecule has 0 aromatic carbocycles. The van der Waals surface area contributed by atoms with E-state index >= 15 is 0 Å². The van der Waals surface area contributed by atoms with Crippen LogP contribution >= 0.6 is 0 Å². The average Bonchev–Trinajstić information content (AvgIpc) is 2.17. The predicted octanol–water partition coefficient (Wildman–Crippen LogP) is 2.02. The van der Waals surface area contributed by atoms with Gasteiger partial charge in [-0.2, -0.15) is 0 Å². The number of hydrogen-bond acceptors (Lipinski definition) is 2. The van der Waals surface area contributed by atoms with Crippen molar-refractivity contribution < 1.29 is 4.79 Å². The predicted molar refractivity (Wildman–Crippen MR) is 60.3 cm³/mol. The van der Waals surface area contributed by atoms with E-state index in [4.69, 9.17) is 0 Å². The SMILES string of the molecule is Cc1ccc(C=O)c(=O)n1CCC(C)C. The van der Waals surface area contributed by atoms with Gasteiger partial charge in [-0.15, -0.1) is 0 Å². The van der Waals surface area contributed by atoms with E-state index in [1.54, 1.807) is 10.6 Å². The van der Waals surface area contributed by atoms with Crippen molar-refractivity contribution >= 4 is 6.29 Å². The van der Waals surface area contributed by atoms with Crippen molar-refractivity contribution in [3.8, 4) is 0 Å². The molecule has 82 valence electrons. The molecule has 3 heteroatoms. The lowest BCUT2D eigenvalue weighted by molar-refractivity contribution is 0.112. The normalized spacial score (nSPS) is 10.7. The molecule has 0 unspecified atom stereocenters. The summed E-state index contributed by atoms with van der Waals surface area (Å²) in [7, 11) is 0. The number of nitrogens with zero attached hydrogens (tertiary/aromatic N) is 1. The maximum Gasteiger partial charge on any atom is 0.261 e. The van der Waals surface area contributed by atoms with Crippen LogP contribution in [0.3, 0.4) is 0 Å². The molecular formula is C12H17NO2. The number of aldehydes is 1. The van der Waals surface area contributed by atoms with Crippen LogP contribution in [0.5, 0.6) is 0 Å². The second kappa shape index (κ2) is 4.91. The lowest BCUT2D eigenvalue weighted by Gasteiger charge is -2.11. The quantitative estimate of drug-likeness (QED) is 0.708. The standard InChI is InChI=1S/C12H17NO2/c1-9(2)6-7-13-10(3)4-5-11(8-14)12(13)15/h4-5,8-9H,6-7H2,1-3H3. The van der Waals surface area contributed by atoms with Crippen LogP contribution in [-0.4, -0.2) is 10.9 Å². The van der Waals surface area contributed by atoms with Crippen LogP contribution in [0.1, 0.15) is 36.3 Å². The molecule has 1 aromatic rings. The minimum Gasteiger partial charge on any atom is -0.312 e. The molecule has 0 atom stereocenters. The molecule has 3 nitrogen and oxygen atoms in total. The molecule has 0 saturated heterocycles.